The highest BCUT2D eigenvalue weighted by Crippen LogP contribution is 2.30. The van der Waals surface area contributed by atoms with E-state index in [1.165, 1.54) is 11.3 Å². The fourth-order valence-electron chi connectivity index (χ4n) is 1.32. The second-order valence-electron chi connectivity index (χ2n) is 3.22. The van der Waals surface area contributed by atoms with Gasteiger partial charge in [0.2, 0.25) is 6.19 Å². The molecule has 0 saturated carbocycles. The summed E-state index contributed by atoms with van der Waals surface area (Å²) in [6.07, 6.45) is 5.18. The molecule has 96 valence electrons. The van der Waals surface area contributed by atoms with Crippen molar-refractivity contribution in [3.05, 3.63) is 41.2 Å². The van der Waals surface area contributed by atoms with Gasteiger partial charge in [-0.25, -0.2) is 4.31 Å². The smallest absolute Gasteiger partial charge is 0.214 e. The molecule has 1 aromatic heterocycles. The SMILES string of the molecule is C=CCN(CC=C)S(=N)(=NC#N)c1ccc(Br)s1. The Morgan fingerprint density at radius 1 is 1.50 bits per heavy atom. The van der Waals surface area contributed by atoms with Crippen LogP contribution in [0.4, 0.5) is 0 Å². The first kappa shape index (κ1) is 15.1. The van der Waals surface area contributed by atoms with Gasteiger partial charge < -0.3 is 0 Å². The molecule has 0 fully saturated rings. The van der Waals surface area contributed by atoms with Gasteiger partial charge >= 0.3 is 0 Å². The quantitative estimate of drug-likeness (QED) is 0.625. The minimum Gasteiger partial charge on any atom is -0.251 e. The molecule has 7 heteroatoms. The Balaban J connectivity index is 3.35. The maximum Gasteiger partial charge on any atom is 0.214 e. The van der Waals surface area contributed by atoms with Crippen molar-refractivity contribution in [1.82, 2.24) is 4.31 Å². The van der Waals surface area contributed by atoms with Gasteiger partial charge in [-0.3, -0.25) is 4.78 Å². The van der Waals surface area contributed by atoms with E-state index in [1.807, 2.05) is 12.1 Å². The van der Waals surface area contributed by atoms with Crippen molar-refractivity contribution in [2.24, 2.45) is 4.36 Å². The number of rotatable bonds is 6. The molecular formula is C11H13BrN4S2. The number of hydrogen-bond acceptors (Lipinski definition) is 4. The van der Waals surface area contributed by atoms with Gasteiger partial charge in [0.05, 0.1) is 17.8 Å². The lowest BCUT2D eigenvalue weighted by molar-refractivity contribution is 0.564. The monoisotopic (exact) mass is 344 g/mol. The van der Waals surface area contributed by atoms with E-state index in [4.69, 9.17) is 10.0 Å². The van der Waals surface area contributed by atoms with Gasteiger partial charge in [-0.1, -0.05) is 12.2 Å². The number of thiophene rings is 1. The molecule has 1 heterocycles. The number of nitrogens with zero attached hydrogens (tertiary/aromatic N) is 3. The second kappa shape index (κ2) is 6.85. The third-order valence-corrected chi connectivity index (χ3v) is 6.50. The van der Waals surface area contributed by atoms with Crippen molar-refractivity contribution in [3.8, 4) is 6.19 Å². The highest BCUT2D eigenvalue weighted by atomic mass is 79.9. The summed E-state index contributed by atoms with van der Waals surface area (Å²) in [7, 11) is -2.42. The lowest BCUT2D eigenvalue weighted by atomic mass is 10.5. The molecule has 4 nitrogen and oxygen atoms in total. The first-order valence-corrected chi connectivity index (χ1v) is 8.15. The summed E-state index contributed by atoms with van der Waals surface area (Å²) in [6.45, 7) is 8.34. The van der Waals surface area contributed by atoms with E-state index in [2.05, 4.69) is 33.5 Å². The normalized spacial score (nSPS) is 13.6. The standard InChI is InChI=1S/C11H13BrN4S2/c1-3-7-16(8-4-2)18(14,15-9-13)11-6-5-10(12)17-11/h3-6,14H,1-2,7-8H2. The molecule has 0 radical (unpaired) electrons. The largest absolute Gasteiger partial charge is 0.251 e. The van der Waals surface area contributed by atoms with E-state index < -0.39 is 9.81 Å². The van der Waals surface area contributed by atoms with Crippen molar-refractivity contribution in [3.63, 3.8) is 0 Å². The van der Waals surface area contributed by atoms with Crippen LogP contribution in [0, 0.1) is 16.2 Å². The Bertz CT molecular complexity index is 580. The highest BCUT2D eigenvalue weighted by Gasteiger charge is 2.19. The van der Waals surface area contributed by atoms with Crippen molar-refractivity contribution >= 4 is 37.1 Å². The predicted octanol–water partition coefficient (Wildman–Crippen LogP) is 4.04. The number of hydrogen-bond donors (Lipinski definition) is 1. The molecule has 1 aromatic rings. The first-order valence-electron chi connectivity index (χ1n) is 4.99. The zero-order valence-corrected chi connectivity index (χ0v) is 12.9. The predicted molar refractivity (Wildman–Crippen MR) is 80.4 cm³/mol. The van der Waals surface area contributed by atoms with E-state index >= 15 is 0 Å². The van der Waals surface area contributed by atoms with E-state index in [0.717, 1.165) is 8.00 Å². The Kier molecular flexibility index (Phi) is 5.75. The number of nitrogens with one attached hydrogen (secondary N) is 1. The van der Waals surface area contributed by atoms with Crippen molar-refractivity contribution in [2.75, 3.05) is 13.1 Å². The summed E-state index contributed by atoms with van der Waals surface area (Å²) in [5.74, 6) is 0. The van der Waals surface area contributed by atoms with E-state index in [1.54, 1.807) is 22.7 Å². The zero-order chi connectivity index (χ0) is 13.6. The molecule has 0 aliphatic carbocycles. The van der Waals surface area contributed by atoms with Crippen molar-refractivity contribution in [2.45, 2.75) is 4.21 Å². The van der Waals surface area contributed by atoms with Crippen LogP contribution in [0.1, 0.15) is 0 Å². The van der Waals surface area contributed by atoms with Gasteiger partial charge in [0, 0.05) is 13.1 Å². The van der Waals surface area contributed by atoms with Crippen molar-refractivity contribution in [1.29, 1.82) is 10.0 Å². The van der Waals surface area contributed by atoms with E-state index in [0.29, 0.717) is 13.1 Å². The topological polar surface area (TPSA) is 63.2 Å². The Morgan fingerprint density at radius 2 is 2.11 bits per heavy atom. The maximum absolute atomic E-state index is 8.85. The van der Waals surface area contributed by atoms with Crippen LogP contribution >= 0.6 is 27.3 Å². The Labute approximate surface area is 120 Å². The lowest BCUT2D eigenvalue weighted by Gasteiger charge is -2.24. The Morgan fingerprint density at radius 3 is 2.50 bits per heavy atom. The summed E-state index contributed by atoms with van der Waals surface area (Å²) in [4.78, 5) is 0. The van der Waals surface area contributed by atoms with Crippen LogP contribution in [0.2, 0.25) is 0 Å². The molecule has 0 aromatic carbocycles. The zero-order valence-electron chi connectivity index (χ0n) is 9.67. The van der Waals surface area contributed by atoms with Gasteiger partial charge in [0.25, 0.3) is 0 Å². The fourth-order valence-corrected chi connectivity index (χ4v) is 5.40. The summed E-state index contributed by atoms with van der Waals surface area (Å²) >= 11 is 4.79. The summed E-state index contributed by atoms with van der Waals surface area (Å²) < 4.78 is 15.9. The molecule has 0 spiro atoms. The highest BCUT2D eigenvalue weighted by molar-refractivity contribution is 9.11. The first-order chi connectivity index (χ1) is 8.58. The second-order valence-corrected chi connectivity index (χ2v) is 8.18. The van der Waals surface area contributed by atoms with Gasteiger partial charge in [-0.05, 0) is 28.1 Å². The molecule has 1 unspecified atom stereocenters. The van der Waals surface area contributed by atoms with Gasteiger partial charge in [-0.2, -0.15) is 5.26 Å². The minimum atomic E-state index is -2.42. The Hall–Kier alpha value is -0.940. The van der Waals surface area contributed by atoms with E-state index in [9.17, 15) is 0 Å². The van der Waals surface area contributed by atoms with Crippen LogP contribution in [-0.2, 0) is 9.81 Å². The molecule has 18 heavy (non-hydrogen) atoms. The van der Waals surface area contributed by atoms with Crippen LogP contribution < -0.4 is 0 Å². The third kappa shape index (κ3) is 3.29. The molecule has 1 atom stereocenters. The molecule has 1 N–H and O–H groups in total. The molecule has 0 aliphatic rings. The van der Waals surface area contributed by atoms with Crippen LogP contribution in [0.15, 0.2) is 49.8 Å². The molecule has 0 aliphatic heterocycles. The van der Waals surface area contributed by atoms with Crippen LogP contribution in [0.25, 0.3) is 0 Å². The number of halogens is 1. The maximum atomic E-state index is 8.85. The van der Waals surface area contributed by atoms with Gasteiger partial charge in [0.1, 0.15) is 0 Å². The average molecular weight is 345 g/mol. The van der Waals surface area contributed by atoms with Gasteiger partial charge in [0.15, 0.2) is 0 Å². The van der Waals surface area contributed by atoms with Gasteiger partial charge in [-0.15, -0.1) is 28.9 Å². The molecule has 0 amide bonds. The molecular weight excluding hydrogens is 332 g/mol. The molecule has 1 rings (SSSR count). The third-order valence-electron chi connectivity index (χ3n) is 2.04. The molecule has 0 bridgehead atoms. The summed E-state index contributed by atoms with van der Waals surface area (Å²) in [6, 6.07) is 3.69. The van der Waals surface area contributed by atoms with Crippen LogP contribution in [0.5, 0.6) is 0 Å². The van der Waals surface area contributed by atoms with Crippen LogP contribution in [-0.4, -0.2) is 17.4 Å². The van der Waals surface area contributed by atoms with Crippen LogP contribution in [0.3, 0.4) is 0 Å². The van der Waals surface area contributed by atoms with E-state index in [-0.39, 0.29) is 0 Å². The number of nitriles is 1. The average Bonchev–Trinajstić information content (AvgIpc) is 2.76. The van der Waals surface area contributed by atoms with Crippen molar-refractivity contribution < 1.29 is 0 Å². The summed E-state index contributed by atoms with van der Waals surface area (Å²) in [5, 5.41) is 8.85. The lowest BCUT2D eigenvalue weighted by Crippen LogP contribution is -2.29. The minimum absolute atomic E-state index is 0.492. The molecule has 0 saturated heterocycles. The summed E-state index contributed by atoms with van der Waals surface area (Å²) in [5.41, 5.74) is 0. The fraction of sp³-hybridized carbons (Fsp3) is 0.182.